The smallest absolute Gasteiger partial charge is 0.0449 e. The van der Waals surface area contributed by atoms with Crippen LogP contribution in [0.3, 0.4) is 0 Å². The molecule has 0 spiro atoms. The summed E-state index contributed by atoms with van der Waals surface area (Å²) in [5.41, 5.74) is 1.23. The van der Waals surface area contributed by atoms with E-state index < -0.39 is 0 Å². The summed E-state index contributed by atoms with van der Waals surface area (Å²) in [7, 11) is 0. The summed E-state index contributed by atoms with van der Waals surface area (Å²) < 4.78 is 1.04. The van der Waals surface area contributed by atoms with Crippen molar-refractivity contribution in [2.45, 2.75) is 26.7 Å². The topological polar surface area (TPSA) is 12.0 Å². The van der Waals surface area contributed by atoms with Gasteiger partial charge in [0, 0.05) is 9.50 Å². The van der Waals surface area contributed by atoms with Crippen molar-refractivity contribution in [1.29, 1.82) is 0 Å². The molecule has 0 aromatic heterocycles. The van der Waals surface area contributed by atoms with Crippen LogP contribution >= 0.6 is 27.5 Å². The highest BCUT2D eigenvalue weighted by molar-refractivity contribution is 9.10. The van der Waals surface area contributed by atoms with Crippen molar-refractivity contribution in [2.24, 2.45) is 5.92 Å². The molecular formula is C13H19BrClN. The van der Waals surface area contributed by atoms with E-state index in [1.807, 2.05) is 12.1 Å². The molecule has 3 heteroatoms. The number of hydrogen-bond donors (Lipinski definition) is 1. The second kappa shape index (κ2) is 7.31. The Morgan fingerprint density at radius 2 is 2.19 bits per heavy atom. The molecule has 1 N–H and O–H groups in total. The van der Waals surface area contributed by atoms with Crippen molar-refractivity contribution < 1.29 is 0 Å². The summed E-state index contributed by atoms with van der Waals surface area (Å²) in [5.74, 6) is 0.616. The number of benzene rings is 1. The van der Waals surface area contributed by atoms with Crippen molar-refractivity contribution >= 4 is 27.5 Å². The minimum Gasteiger partial charge on any atom is -0.316 e. The Bertz CT molecular complexity index is 328. The van der Waals surface area contributed by atoms with Crippen molar-refractivity contribution in [1.82, 2.24) is 5.32 Å². The molecule has 0 aliphatic carbocycles. The van der Waals surface area contributed by atoms with E-state index >= 15 is 0 Å². The van der Waals surface area contributed by atoms with E-state index in [4.69, 9.17) is 11.6 Å². The molecule has 0 saturated heterocycles. The van der Waals surface area contributed by atoms with Gasteiger partial charge in [-0.25, -0.2) is 0 Å². The first-order chi connectivity index (χ1) is 7.63. The van der Waals surface area contributed by atoms with Gasteiger partial charge in [0.25, 0.3) is 0 Å². The number of nitrogens with one attached hydrogen (secondary N) is 1. The molecule has 1 atom stereocenters. The number of hydrogen-bond acceptors (Lipinski definition) is 1. The van der Waals surface area contributed by atoms with Gasteiger partial charge in [0.2, 0.25) is 0 Å². The zero-order valence-electron chi connectivity index (χ0n) is 9.89. The lowest BCUT2D eigenvalue weighted by Crippen LogP contribution is -2.23. The van der Waals surface area contributed by atoms with E-state index in [1.54, 1.807) is 0 Å². The SMILES string of the molecule is CCCNCC(C)Cc1ccc(Br)cc1Cl. The van der Waals surface area contributed by atoms with Crippen LogP contribution in [0.25, 0.3) is 0 Å². The molecule has 1 unspecified atom stereocenters. The Balaban J connectivity index is 2.46. The van der Waals surface area contributed by atoms with E-state index in [1.165, 1.54) is 12.0 Å². The highest BCUT2D eigenvalue weighted by Crippen LogP contribution is 2.23. The predicted molar refractivity (Wildman–Crippen MR) is 75.2 cm³/mol. The van der Waals surface area contributed by atoms with Crippen LogP contribution in [-0.4, -0.2) is 13.1 Å². The molecule has 0 fully saturated rings. The molecule has 16 heavy (non-hydrogen) atoms. The van der Waals surface area contributed by atoms with Crippen LogP contribution in [0.5, 0.6) is 0 Å². The zero-order valence-corrected chi connectivity index (χ0v) is 12.2. The van der Waals surface area contributed by atoms with Gasteiger partial charge in [0.1, 0.15) is 0 Å². The fraction of sp³-hybridized carbons (Fsp3) is 0.538. The summed E-state index contributed by atoms with van der Waals surface area (Å²) in [6.07, 6.45) is 2.22. The Morgan fingerprint density at radius 1 is 1.44 bits per heavy atom. The highest BCUT2D eigenvalue weighted by Gasteiger charge is 2.06. The Labute approximate surface area is 112 Å². The average molecular weight is 305 g/mol. The zero-order chi connectivity index (χ0) is 12.0. The van der Waals surface area contributed by atoms with Crippen LogP contribution in [-0.2, 0) is 6.42 Å². The fourth-order valence-corrected chi connectivity index (χ4v) is 2.41. The van der Waals surface area contributed by atoms with Gasteiger partial charge in [-0.05, 0) is 49.5 Å². The maximum absolute atomic E-state index is 6.18. The van der Waals surface area contributed by atoms with Crippen LogP contribution < -0.4 is 5.32 Å². The Kier molecular flexibility index (Phi) is 6.40. The van der Waals surface area contributed by atoms with Crippen molar-refractivity contribution in [3.63, 3.8) is 0 Å². The molecule has 0 aliphatic heterocycles. The van der Waals surface area contributed by atoms with Crippen LogP contribution in [0.2, 0.25) is 5.02 Å². The highest BCUT2D eigenvalue weighted by atomic mass is 79.9. The second-order valence-corrected chi connectivity index (χ2v) is 5.57. The molecule has 0 radical (unpaired) electrons. The molecule has 1 aromatic carbocycles. The molecule has 1 nitrogen and oxygen atoms in total. The number of rotatable bonds is 6. The quantitative estimate of drug-likeness (QED) is 0.774. The fourth-order valence-electron chi connectivity index (χ4n) is 1.66. The first kappa shape index (κ1) is 14.0. The largest absolute Gasteiger partial charge is 0.316 e. The van der Waals surface area contributed by atoms with Crippen molar-refractivity contribution in [2.75, 3.05) is 13.1 Å². The Morgan fingerprint density at radius 3 is 2.81 bits per heavy atom. The van der Waals surface area contributed by atoms with E-state index in [2.05, 4.69) is 41.2 Å². The molecule has 1 aromatic rings. The summed E-state index contributed by atoms with van der Waals surface area (Å²) in [6.45, 7) is 6.59. The maximum Gasteiger partial charge on any atom is 0.0449 e. The molecule has 1 rings (SSSR count). The lowest BCUT2D eigenvalue weighted by molar-refractivity contribution is 0.511. The third-order valence-corrected chi connectivity index (χ3v) is 3.35. The first-order valence-corrected chi connectivity index (χ1v) is 6.95. The molecule has 0 saturated carbocycles. The molecule has 0 amide bonds. The van der Waals surface area contributed by atoms with Gasteiger partial charge in [-0.2, -0.15) is 0 Å². The summed E-state index contributed by atoms with van der Waals surface area (Å²) in [6, 6.07) is 6.11. The second-order valence-electron chi connectivity index (χ2n) is 4.25. The minimum atomic E-state index is 0.616. The van der Waals surface area contributed by atoms with Gasteiger partial charge in [0.15, 0.2) is 0 Å². The van der Waals surface area contributed by atoms with Gasteiger partial charge in [-0.15, -0.1) is 0 Å². The summed E-state index contributed by atoms with van der Waals surface area (Å²) in [4.78, 5) is 0. The Hall–Kier alpha value is -0.0500. The normalized spacial score (nSPS) is 12.8. The third-order valence-electron chi connectivity index (χ3n) is 2.50. The lowest BCUT2D eigenvalue weighted by Gasteiger charge is -2.13. The molecular weight excluding hydrogens is 286 g/mol. The predicted octanol–water partition coefficient (Wildman–Crippen LogP) is 4.28. The monoisotopic (exact) mass is 303 g/mol. The first-order valence-electron chi connectivity index (χ1n) is 5.78. The molecule has 0 aliphatic rings. The van der Waals surface area contributed by atoms with Gasteiger partial charge in [-0.1, -0.05) is 47.4 Å². The van der Waals surface area contributed by atoms with Crippen molar-refractivity contribution in [3.05, 3.63) is 33.3 Å². The maximum atomic E-state index is 6.18. The van der Waals surface area contributed by atoms with Crippen molar-refractivity contribution in [3.8, 4) is 0 Å². The van der Waals surface area contributed by atoms with Crippen LogP contribution in [0.15, 0.2) is 22.7 Å². The van der Waals surface area contributed by atoms with Crippen LogP contribution in [0.4, 0.5) is 0 Å². The molecule has 0 bridgehead atoms. The molecule has 0 heterocycles. The van der Waals surface area contributed by atoms with Gasteiger partial charge >= 0.3 is 0 Å². The van der Waals surface area contributed by atoms with E-state index in [0.29, 0.717) is 5.92 Å². The van der Waals surface area contributed by atoms with Crippen LogP contribution in [0.1, 0.15) is 25.8 Å². The third kappa shape index (κ3) is 4.86. The minimum absolute atomic E-state index is 0.616. The average Bonchev–Trinajstić information content (AvgIpc) is 2.23. The standard InChI is InChI=1S/C13H19BrClN/c1-3-6-16-9-10(2)7-11-4-5-12(14)8-13(11)15/h4-5,8,10,16H,3,6-7,9H2,1-2H3. The van der Waals surface area contributed by atoms with E-state index in [0.717, 1.165) is 29.0 Å². The summed E-state index contributed by atoms with van der Waals surface area (Å²) >= 11 is 9.60. The lowest BCUT2D eigenvalue weighted by atomic mass is 10.0. The van der Waals surface area contributed by atoms with E-state index in [-0.39, 0.29) is 0 Å². The van der Waals surface area contributed by atoms with E-state index in [9.17, 15) is 0 Å². The number of halogens is 2. The molecule has 90 valence electrons. The summed E-state index contributed by atoms with van der Waals surface area (Å²) in [5, 5.41) is 4.29. The van der Waals surface area contributed by atoms with Gasteiger partial charge in [0.05, 0.1) is 0 Å². The van der Waals surface area contributed by atoms with Gasteiger partial charge in [-0.3, -0.25) is 0 Å². The van der Waals surface area contributed by atoms with Crippen LogP contribution in [0, 0.1) is 5.92 Å². The van der Waals surface area contributed by atoms with Gasteiger partial charge < -0.3 is 5.32 Å².